The molecule has 1 amide bonds. The number of hydrogen-bond donors (Lipinski definition) is 1. The van der Waals surface area contributed by atoms with E-state index in [1.807, 2.05) is 0 Å². The molecule has 0 unspecified atom stereocenters. The Kier molecular flexibility index (Phi) is 4.49. The minimum atomic E-state index is 0.129. The van der Waals surface area contributed by atoms with Crippen LogP contribution < -0.4 is 5.32 Å². The molecule has 1 heterocycles. The summed E-state index contributed by atoms with van der Waals surface area (Å²) in [7, 11) is 0. The zero-order valence-corrected chi connectivity index (χ0v) is 17.7. The van der Waals surface area contributed by atoms with Crippen LogP contribution in [0, 0.1) is 23.7 Å². The number of likely N-dealkylation sites (tertiary alicyclic amines) is 1. The smallest absolute Gasteiger partial charge is 0.226 e. The van der Waals surface area contributed by atoms with Crippen molar-refractivity contribution in [3.05, 3.63) is 71.8 Å². The van der Waals surface area contributed by atoms with Crippen LogP contribution in [0.5, 0.6) is 0 Å². The third-order valence-electron chi connectivity index (χ3n) is 8.30. The van der Waals surface area contributed by atoms with Gasteiger partial charge in [0.1, 0.15) is 0 Å². The molecule has 3 nitrogen and oxygen atoms in total. The lowest BCUT2D eigenvalue weighted by Crippen LogP contribution is -2.63. The topological polar surface area (TPSA) is 32.3 Å². The Balaban J connectivity index is 1.15. The summed E-state index contributed by atoms with van der Waals surface area (Å²) in [5.41, 5.74) is 2.75. The highest BCUT2D eigenvalue weighted by atomic mass is 16.2. The Bertz CT molecular complexity index is 828. The molecule has 7 rings (SSSR count). The summed E-state index contributed by atoms with van der Waals surface area (Å²) in [5, 5.41) is 3.60. The van der Waals surface area contributed by atoms with E-state index in [4.69, 9.17) is 0 Å². The summed E-state index contributed by atoms with van der Waals surface area (Å²) in [4.78, 5) is 15.7. The number of amides is 1. The van der Waals surface area contributed by atoms with E-state index in [2.05, 4.69) is 70.9 Å². The van der Waals surface area contributed by atoms with Gasteiger partial charge in [-0.2, -0.15) is 0 Å². The summed E-state index contributed by atoms with van der Waals surface area (Å²) >= 11 is 0. The Labute approximate surface area is 179 Å². The molecule has 4 bridgehead atoms. The van der Waals surface area contributed by atoms with E-state index >= 15 is 0 Å². The summed E-state index contributed by atoms with van der Waals surface area (Å²) < 4.78 is 0. The molecule has 1 N–H and O–H groups in total. The number of benzene rings is 2. The molecular weight excluding hydrogens is 368 g/mol. The molecule has 30 heavy (non-hydrogen) atoms. The summed E-state index contributed by atoms with van der Waals surface area (Å²) in [6.07, 6.45) is 7.96. The van der Waals surface area contributed by atoms with Crippen LogP contribution in [0.4, 0.5) is 0 Å². The highest BCUT2D eigenvalue weighted by Crippen LogP contribution is 2.55. The van der Waals surface area contributed by atoms with Crippen molar-refractivity contribution in [3.63, 3.8) is 0 Å². The molecule has 4 aliphatic carbocycles. The second-order valence-corrected chi connectivity index (χ2v) is 10.6. The molecule has 1 aliphatic heterocycles. The summed E-state index contributed by atoms with van der Waals surface area (Å²) in [6, 6.07) is 21.7. The molecule has 156 valence electrons. The van der Waals surface area contributed by atoms with E-state index < -0.39 is 0 Å². The summed E-state index contributed by atoms with van der Waals surface area (Å²) in [6.45, 7) is 1.71. The molecule has 2 aromatic rings. The van der Waals surface area contributed by atoms with Crippen LogP contribution in [-0.4, -0.2) is 29.4 Å². The fraction of sp³-hybridized carbons (Fsp3) is 0.519. The Morgan fingerprint density at radius 2 is 1.27 bits per heavy atom. The number of hydrogen-bond acceptors (Lipinski definition) is 2. The van der Waals surface area contributed by atoms with E-state index in [0.29, 0.717) is 5.91 Å². The monoisotopic (exact) mass is 400 g/mol. The fourth-order valence-corrected chi connectivity index (χ4v) is 7.40. The lowest BCUT2D eigenvalue weighted by Gasteiger charge is -2.57. The van der Waals surface area contributed by atoms with Crippen molar-refractivity contribution in [1.82, 2.24) is 10.2 Å². The van der Waals surface area contributed by atoms with Gasteiger partial charge in [0.25, 0.3) is 0 Å². The van der Waals surface area contributed by atoms with Gasteiger partial charge in [0.05, 0.1) is 12.0 Å². The first kappa shape index (κ1) is 18.6. The second-order valence-electron chi connectivity index (χ2n) is 10.6. The Morgan fingerprint density at radius 1 is 0.800 bits per heavy atom. The van der Waals surface area contributed by atoms with Gasteiger partial charge in [-0.05, 0) is 67.4 Å². The van der Waals surface area contributed by atoms with Crippen LogP contribution in [0.25, 0.3) is 0 Å². The van der Waals surface area contributed by atoms with Gasteiger partial charge in [-0.15, -0.1) is 0 Å². The first-order valence-corrected chi connectivity index (χ1v) is 11.8. The van der Waals surface area contributed by atoms with Gasteiger partial charge in [0, 0.05) is 18.6 Å². The standard InChI is InChI=1S/C27H32N2O/c30-26(28-27-14-19-11-20(15-27)13-21(12-19)16-27)24-17-29(18-24)25(22-7-3-1-4-8-22)23-9-5-2-6-10-23/h1-10,19-21,24-25H,11-18H2,(H,28,30). The first-order valence-electron chi connectivity index (χ1n) is 11.8. The molecule has 0 radical (unpaired) electrons. The normalized spacial score (nSPS) is 32.9. The quantitative estimate of drug-likeness (QED) is 0.782. The Morgan fingerprint density at radius 3 is 1.73 bits per heavy atom. The van der Waals surface area contributed by atoms with E-state index in [9.17, 15) is 4.79 Å². The third-order valence-corrected chi connectivity index (χ3v) is 8.30. The number of nitrogens with one attached hydrogen (secondary N) is 1. The maximum atomic E-state index is 13.2. The lowest BCUT2D eigenvalue weighted by atomic mass is 9.53. The zero-order chi connectivity index (χ0) is 20.1. The van der Waals surface area contributed by atoms with Gasteiger partial charge in [-0.3, -0.25) is 9.69 Å². The summed E-state index contributed by atoms with van der Waals surface area (Å²) in [5.74, 6) is 3.06. The maximum absolute atomic E-state index is 13.2. The minimum Gasteiger partial charge on any atom is -0.350 e. The van der Waals surface area contributed by atoms with Crippen molar-refractivity contribution >= 4 is 5.91 Å². The van der Waals surface area contributed by atoms with Gasteiger partial charge in [-0.1, -0.05) is 60.7 Å². The van der Waals surface area contributed by atoms with E-state index in [0.717, 1.165) is 30.8 Å². The van der Waals surface area contributed by atoms with Gasteiger partial charge in [0.15, 0.2) is 0 Å². The van der Waals surface area contributed by atoms with Crippen molar-refractivity contribution in [2.45, 2.75) is 50.1 Å². The van der Waals surface area contributed by atoms with Crippen molar-refractivity contribution in [1.29, 1.82) is 0 Å². The van der Waals surface area contributed by atoms with E-state index in [-0.39, 0.29) is 17.5 Å². The highest BCUT2D eigenvalue weighted by Gasteiger charge is 2.52. The SMILES string of the molecule is O=C(NC12CC3CC(CC(C3)C1)C2)C1CN(C(c2ccccc2)c2ccccc2)C1. The van der Waals surface area contributed by atoms with Crippen molar-refractivity contribution in [2.24, 2.45) is 23.7 Å². The third kappa shape index (κ3) is 3.28. The highest BCUT2D eigenvalue weighted by molar-refractivity contribution is 5.81. The van der Waals surface area contributed by atoms with Crippen molar-refractivity contribution in [2.75, 3.05) is 13.1 Å². The fourth-order valence-electron chi connectivity index (χ4n) is 7.40. The molecular formula is C27H32N2O. The van der Waals surface area contributed by atoms with E-state index in [1.165, 1.54) is 49.7 Å². The molecule has 5 aliphatic rings. The maximum Gasteiger partial charge on any atom is 0.226 e. The average Bonchev–Trinajstić information content (AvgIpc) is 2.70. The molecule has 0 spiro atoms. The van der Waals surface area contributed by atoms with Crippen molar-refractivity contribution in [3.8, 4) is 0 Å². The number of carbonyl (C=O) groups excluding carboxylic acids is 1. The van der Waals surface area contributed by atoms with Gasteiger partial charge in [-0.25, -0.2) is 0 Å². The van der Waals surface area contributed by atoms with Crippen molar-refractivity contribution < 1.29 is 4.79 Å². The van der Waals surface area contributed by atoms with Gasteiger partial charge >= 0.3 is 0 Å². The largest absolute Gasteiger partial charge is 0.350 e. The number of carbonyl (C=O) groups is 1. The molecule has 4 saturated carbocycles. The van der Waals surface area contributed by atoms with Crippen LogP contribution in [0.15, 0.2) is 60.7 Å². The second kappa shape index (κ2) is 7.23. The average molecular weight is 401 g/mol. The van der Waals surface area contributed by atoms with Crippen LogP contribution >= 0.6 is 0 Å². The molecule has 3 heteroatoms. The van der Waals surface area contributed by atoms with Crippen LogP contribution in [0.1, 0.15) is 55.7 Å². The molecule has 2 aromatic carbocycles. The van der Waals surface area contributed by atoms with Crippen LogP contribution in [0.3, 0.4) is 0 Å². The molecule has 1 saturated heterocycles. The van der Waals surface area contributed by atoms with E-state index in [1.54, 1.807) is 0 Å². The van der Waals surface area contributed by atoms with Gasteiger partial charge < -0.3 is 5.32 Å². The minimum absolute atomic E-state index is 0.129. The van der Waals surface area contributed by atoms with Crippen LogP contribution in [0.2, 0.25) is 0 Å². The first-order chi connectivity index (χ1) is 14.7. The Hall–Kier alpha value is -2.13. The number of rotatable bonds is 5. The zero-order valence-electron chi connectivity index (χ0n) is 17.7. The lowest BCUT2D eigenvalue weighted by molar-refractivity contribution is -0.136. The molecule has 0 atom stereocenters. The predicted octanol–water partition coefficient (Wildman–Crippen LogP) is 4.79. The number of nitrogens with zero attached hydrogens (tertiary/aromatic N) is 1. The molecule has 0 aromatic heterocycles. The predicted molar refractivity (Wildman–Crippen MR) is 119 cm³/mol. The van der Waals surface area contributed by atoms with Gasteiger partial charge in [0.2, 0.25) is 5.91 Å². The molecule has 5 fully saturated rings. The van der Waals surface area contributed by atoms with Crippen LogP contribution in [-0.2, 0) is 4.79 Å².